The molecule has 1 fully saturated rings. The number of amides is 3. The highest BCUT2D eigenvalue weighted by Crippen LogP contribution is 2.33. The molecule has 37 heavy (non-hydrogen) atoms. The van der Waals surface area contributed by atoms with Crippen molar-refractivity contribution < 1.29 is 33.4 Å². The molecule has 0 aliphatic carbocycles. The molecule has 2 aromatic carbocycles. The first kappa shape index (κ1) is 28.0. The van der Waals surface area contributed by atoms with E-state index in [1.165, 1.54) is 6.07 Å². The molecule has 1 aliphatic heterocycles. The summed E-state index contributed by atoms with van der Waals surface area (Å²) in [4.78, 5) is 39.7. The smallest absolute Gasteiger partial charge is 0.267 e. The lowest BCUT2D eigenvalue weighted by Gasteiger charge is -2.30. The van der Waals surface area contributed by atoms with Gasteiger partial charge in [0.25, 0.3) is 17.7 Å². The number of alkyl halides is 2. The molecule has 3 unspecified atom stereocenters. The maximum absolute atomic E-state index is 14.3. The second-order valence-corrected chi connectivity index (χ2v) is 9.45. The molecule has 3 atom stereocenters. The molecule has 3 amide bonds. The number of carbonyl (C=O) groups excluding carboxylic acids is 3. The normalized spacial score (nSPS) is 18.2. The van der Waals surface area contributed by atoms with Gasteiger partial charge in [-0.2, -0.15) is 0 Å². The van der Waals surface area contributed by atoms with Crippen LogP contribution in [0.2, 0.25) is 0 Å². The number of hydrogen-bond donors (Lipinski definition) is 4. The summed E-state index contributed by atoms with van der Waals surface area (Å²) >= 11 is 0. The Kier molecular flexibility index (Phi) is 8.85. The largest absolute Gasteiger partial charge is 0.507 e. The third-order valence-corrected chi connectivity index (χ3v) is 6.53. The Morgan fingerprint density at radius 2 is 1.81 bits per heavy atom. The van der Waals surface area contributed by atoms with E-state index in [1.54, 1.807) is 50.2 Å². The summed E-state index contributed by atoms with van der Waals surface area (Å²) < 4.78 is 28.6. The van der Waals surface area contributed by atoms with Crippen LogP contribution in [-0.4, -0.2) is 70.0 Å². The molecule has 10 heteroatoms. The second-order valence-electron chi connectivity index (χ2n) is 9.45. The minimum atomic E-state index is -3.29. The van der Waals surface area contributed by atoms with Crippen LogP contribution in [0.1, 0.15) is 46.8 Å². The van der Waals surface area contributed by atoms with Gasteiger partial charge in [0.1, 0.15) is 11.8 Å². The lowest BCUT2D eigenvalue weighted by molar-refractivity contribution is -0.147. The predicted octanol–water partition coefficient (Wildman–Crippen LogP) is 2.47. The number of benzene rings is 2. The Morgan fingerprint density at radius 3 is 2.46 bits per heavy atom. The highest BCUT2D eigenvalue weighted by molar-refractivity contribution is 5.97. The number of aliphatic hydroxyl groups excluding tert-OH is 1. The number of rotatable bonds is 9. The molecule has 2 aromatic rings. The number of likely N-dealkylation sites (tertiary alicyclic amines) is 1. The molecule has 1 heterocycles. The number of hydrogen-bond acceptors (Lipinski definition) is 5. The summed E-state index contributed by atoms with van der Waals surface area (Å²) in [6.07, 6.45) is -2.14. The first-order chi connectivity index (χ1) is 17.4. The van der Waals surface area contributed by atoms with Crippen LogP contribution >= 0.6 is 0 Å². The van der Waals surface area contributed by atoms with Gasteiger partial charge in [-0.1, -0.05) is 43.3 Å². The quantitative estimate of drug-likeness (QED) is 0.408. The van der Waals surface area contributed by atoms with Gasteiger partial charge in [0.15, 0.2) is 6.10 Å². The van der Waals surface area contributed by atoms with Gasteiger partial charge >= 0.3 is 0 Å². The van der Waals surface area contributed by atoms with E-state index in [0.29, 0.717) is 28.0 Å². The van der Waals surface area contributed by atoms with Crippen LogP contribution in [0.25, 0.3) is 0 Å². The van der Waals surface area contributed by atoms with Gasteiger partial charge in [-0.05, 0) is 43.9 Å². The topological polar surface area (TPSA) is 119 Å². The minimum Gasteiger partial charge on any atom is -0.507 e. The fourth-order valence-electron chi connectivity index (χ4n) is 4.43. The van der Waals surface area contributed by atoms with Gasteiger partial charge < -0.3 is 25.7 Å². The molecule has 0 radical (unpaired) electrons. The van der Waals surface area contributed by atoms with Gasteiger partial charge in [-0.15, -0.1) is 0 Å². The standard InChI is InChI=1S/C27H33F2N3O5/c1-4-12-30-25(36)21-14-27(28,29)15-32(21)26(37)23(34)20(13-18-8-6-5-7-9-18)31-24(35)19-11-10-16(2)22(33)17(19)3/h5-11,20-21,23,33-34H,4,12-15H2,1-3H3,(H,30,36)(H,31,35). The predicted molar refractivity (Wildman–Crippen MR) is 133 cm³/mol. The van der Waals surface area contributed by atoms with E-state index >= 15 is 0 Å². The van der Waals surface area contributed by atoms with E-state index in [2.05, 4.69) is 10.6 Å². The van der Waals surface area contributed by atoms with E-state index in [4.69, 9.17) is 0 Å². The molecule has 200 valence electrons. The fourth-order valence-corrected chi connectivity index (χ4v) is 4.43. The summed E-state index contributed by atoms with van der Waals surface area (Å²) in [6.45, 7) is 4.31. The van der Waals surface area contributed by atoms with Gasteiger partial charge in [0.2, 0.25) is 5.91 Å². The maximum atomic E-state index is 14.3. The van der Waals surface area contributed by atoms with Crippen molar-refractivity contribution in [2.75, 3.05) is 13.1 Å². The average Bonchev–Trinajstić information content (AvgIpc) is 3.20. The van der Waals surface area contributed by atoms with Crippen LogP contribution in [0.3, 0.4) is 0 Å². The number of phenols is 1. The van der Waals surface area contributed by atoms with Crippen LogP contribution in [0.4, 0.5) is 8.78 Å². The van der Waals surface area contributed by atoms with E-state index in [1.807, 2.05) is 6.92 Å². The molecule has 1 aliphatic rings. The number of nitrogens with zero attached hydrogens (tertiary/aromatic N) is 1. The van der Waals surface area contributed by atoms with Crippen molar-refractivity contribution in [3.63, 3.8) is 0 Å². The number of aryl methyl sites for hydroxylation is 1. The molecule has 1 saturated heterocycles. The summed E-state index contributed by atoms with van der Waals surface area (Å²) in [5.74, 6) is -5.78. The number of nitrogens with one attached hydrogen (secondary N) is 2. The highest BCUT2D eigenvalue weighted by Gasteiger charge is 2.51. The number of carbonyl (C=O) groups is 3. The lowest BCUT2D eigenvalue weighted by Crippen LogP contribution is -2.56. The molecule has 0 bridgehead atoms. The second kappa shape index (κ2) is 11.7. The first-order valence-electron chi connectivity index (χ1n) is 12.2. The zero-order chi connectivity index (χ0) is 27.3. The highest BCUT2D eigenvalue weighted by atomic mass is 19.3. The molecule has 4 N–H and O–H groups in total. The molecule has 8 nitrogen and oxygen atoms in total. The van der Waals surface area contributed by atoms with Crippen LogP contribution in [0.5, 0.6) is 5.75 Å². The van der Waals surface area contributed by atoms with Crippen LogP contribution in [0.15, 0.2) is 42.5 Å². The van der Waals surface area contributed by atoms with Gasteiger partial charge in [0, 0.05) is 24.1 Å². The van der Waals surface area contributed by atoms with Crippen molar-refractivity contribution in [3.8, 4) is 5.75 Å². The molecule has 3 rings (SSSR count). The van der Waals surface area contributed by atoms with Gasteiger partial charge in [0.05, 0.1) is 12.6 Å². The Hall–Kier alpha value is -3.53. The number of aromatic hydroxyl groups is 1. The molecular formula is C27H33F2N3O5. The van der Waals surface area contributed by atoms with Crippen LogP contribution < -0.4 is 10.6 Å². The SMILES string of the molecule is CCCNC(=O)C1CC(F)(F)CN1C(=O)C(O)C(Cc1ccccc1)NC(=O)c1ccc(C)c(O)c1C. The zero-order valence-electron chi connectivity index (χ0n) is 21.1. The van der Waals surface area contributed by atoms with Crippen LogP contribution in [0, 0.1) is 13.8 Å². The number of aliphatic hydroxyl groups is 1. The Bertz CT molecular complexity index is 1140. The summed E-state index contributed by atoms with van der Waals surface area (Å²) in [6, 6.07) is 9.21. The van der Waals surface area contributed by atoms with Crippen molar-refractivity contribution in [1.82, 2.24) is 15.5 Å². The fraction of sp³-hybridized carbons (Fsp3) is 0.444. The number of halogens is 2. The zero-order valence-corrected chi connectivity index (χ0v) is 21.1. The number of phenolic OH excluding ortho intramolecular Hbond substituents is 1. The van der Waals surface area contributed by atoms with Crippen molar-refractivity contribution >= 4 is 17.7 Å². The average molecular weight is 518 g/mol. The minimum absolute atomic E-state index is 0.0211. The van der Waals surface area contributed by atoms with Crippen molar-refractivity contribution in [2.45, 2.75) is 64.1 Å². The Balaban J connectivity index is 1.88. The van der Waals surface area contributed by atoms with Crippen molar-refractivity contribution in [1.29, 1.82) is 0 Å². The van der Waals surface area contributed by atoms with Gasteiger partial charge in [-0.3, -0.25) is 14.4 Å². The van der Waals surface area contributed by atoms with E-state index < -0.39 is 54.8 Å². The lowest BCUT2D eigenvalue weighted by atomic mass is 9.98. The molecule has 0 saturated carbocycles. The van der Waals surface area contributed by atoms with Crippen LogP contribution in [-0.2, 0) is 16.0 Å². The van der Waals surface area contributed by atoms with E-state index in [-0.39, 0.29) is 24.3 Å². The van der Waals surface area contributed by atoms with Crippen molar-refractivity contribution in [2.24, 2.45) is 0 Å². The molecule has 0 aromatic heterocycles. The molecule has 0 spiro atoms. The molecular weight excluding hydrogens is 484 g/mol. The van der Waals surface area contributed by atoms with E-state index in [0.717, 1.165) is 0 Å². The Morgan fingerprint density at radius 1 is 1.14 bits per heavy atom. The Labute approximate surface area is 214 Å². The van der Waals surface area contributed by atoms with Gasteiger partial charge in [-0.25, -0.2) is 8.78 Å². The monoisotopic (exact) mass is 517 g/mol. The summed E-state index contributed by atoms with van der Waals surface area (Å²) in [5.41, 5.74) is 1.73. The summed E-state index contributed by atoms with van der Waals surface area (Å²) in [7, 11) is 0. The van der Waals surface area contributed by atoms with Crippen molar-refractivity contribution in [3.05, 3.63) is 64.7 Å². The van der Waals surface area contributed by atoms with E-state index in [9.17, 15) is 33.4 Å². The maximum Gasteiger partial charge on any atom is 0.267 e. The summed E-state index contributed by atoms with van der Waals surface area (Å²) in [5, 5.41) is 26.5. The third-order valence-electron chi connectivity index (χ3n) is 6.53. The first-order valence-corrected chi connectivity index (χ1v) is 12.2. The third kappa shape index (κ3) is 6.62.